The highest BCUT2D eigenvalue weighted by molar-refractivity contribution is 7.10. The maximum Gasteiger partial charge on any atom is 0.309 e. The van der Waals surface area contributed by atoms with Gasteiger partial charge in [0.1, 0.15) is 11.5 Å². The van der Waals surface area contributed by atoms with Gasteiger partial charge in [0, 0.05) is 53.4 Å². The van der Waals surface area contributed by atoms with E-state index in [1.165, 1.54) is 16.5 Å². The second-order valence-electron chi connectivity index (χ2n) is 12.5. The van der Waals surface area contributed by atoms with Crippen molar-refractivity contribution in [3.05, 3.63) is 69.4 Å². The molecule has 1 amide bonds. The van der Waals surface area contributed by atoms with Gasteiger partial charge in [0.2, 0.25) is 0 Å². The van der Waals surface area contributed by atoms with Crippen LogP contribution in [0, 0.1) is 17.2 Å². The Morgan fingerprint density at radius 2 is 1.90 bits per heavy atom. The van der Waals surface area contributed by atoms with Crippen LogP contribution in [0.2, 0.25) is 0 Å². The molecule has 7 rings (SSSR count). The van der Waals surface area contributed by atoms with Crippen LogP contribution in [0.15, 0.2) is 41.8 Å². The molecule has 42 heavy (non-hydrogen) atoms. The number of nitrogens with zero attached hydrogens (tertiary/aromatic N) is 5. The number of amides is 1. The van der Waals surface area contributed by atoms with Crippen LogP contribution in [0.25, 0.3) is 16.9 Å². The Kier molecular flexibility index (Phi) is 6.38. The van der Waals surface area contributed by atoms with Crippen LogP contribution in [0.1, 0.15) is 78.6 Å². The molecule has 3 aromatic heterocycles. The summed E-state index contributed by atoms with van der Waals surface area (Å²) in [6, 6.07) is 10.9. The molecule has 0 spiro atoms. The van der Waals surface area contributed by atoms with Crippen LogP contribution in [-0.2, 0) is 11.2 Å². The first-order valence-corrected chi connectivity index (χ1v) is 15.6. The van der Waals surface area contributed by atoms with Crippen molar-refractivity contribution in [2.45, 2.75) is 58.4 Å². The van der Waals surface area contributed by atoms with E-state index in [2.05, 4.69) is 23.3 Å². The number of carbonyl (C=O) groups is 2. The Bertz CT molecular complexity index is 1720. The SMILES string of the molecule is C[C@@H]1c2ccsc2CCN1C(=O)c1cc(C2CC2)n2nc(-c3ccc(N4CC[C@H](C(C)(C)C(=O)O)C4)cc3F)cc2n1. The summed E-state index contributed by atoms with van der Waals surface area (Å²) < 4.78 is 17.4. The largest absolute Gasteiger partial charge is 0.481 e. The summed E-state index contributed by atoms with van der Waals surface area (Å²) in [4.78, 5) is 35.5. The number of benzene rings is 1. The van der Waals surface area contributed by atoms with Crippen LogP contribution in [0.5, 0.6) is 0 Å². The van der Waals surface area contributed by atoms with Gasteiger partial charge in [0.15, 0.2) is 5.65 Å². The molecule has 1 aromatic carbocycles. The van der Waals surface area contributed by atoms with E-state index in [1.54, 1.807) is 41.8 Å². The quantitative estimate of drug-likeness (QED) is 0.290. The number of thiophene rings is 1. The zero-order valence-electron chi connectivity index (χ0n) is 24.0. The van der Waals surface area contributed by atoms with Gasteiger partial charge in [-0.2, -0.15) is 5.10 Å². The van der Waals surface area contributed by atoms with Gasteiger partial charge in [-0.15, -0.1) is 11.3 Å². The summed E-state index contributed by atoms with van der Waals surface area (Å²) in [5, 5.41) is 16.5. The van der Waals surface area contributed by atoms with Gasteiger partial charge < -0.3 is 14.9 Å². The smallest absolute Gasteiger partial charge is 0.309 e. The fourth-order valence-corrected chi connectivity index (χ4v) is 7.47. The number of anilines is 1. The normalized spacial score (nSPS) is 20.8. The maximum atomic E-state index is 15.6. The predicted molar refractivity (Wildman–Crippen MR) is 160 cm³/mol. The van der Waals surface area contributed by atoms with Gasteiger partial charge in [0.25, 0.3) is 5.91 Å². The molecule has 3 aliphatic rings. The number of fused-ring (bicyclic) bond motifs is 2. The molecule has 5 heterocycles. The molecule has 218 valence electrons. The molecule has 0 unspecified atom stereocenters. The Balaban J connectivity index is 1.18. The van der Waals surface area contributed by atoms with Crippen molar-refractivity contribution in [2.75, 3.05) is 24.5 Å². The zero-order chi connectivity index (χ0) is 29.3. The number of carboxylic acid groups (broad SMARTS) is 1. The van der Waals surface area contributed by atoms with Gasteiger partial charge in [-0.1, -0.05) is 0 Å². The number of carboxylic acids is 1. The second-order valence-corrected chi connectivity index (χ2v) is 13.5. The summed E-state index contributed by atoms with van der Waals surface area (Å²) in [5.41, 5.74) is 3.84. The number of aromatic nitrogens is 3. The predicted octanol–water partition coefficient (Wildman–Crippen LogP) is 6.17. The second kappa shape index (κ2) is 9.90. The topological polar surface area (TPSA) is 91.0 Å². The zero-order valence-corrected chi connectivity index (χ0v) is 24.8. The van der Waals surface area contributed by atoms with Crippen molar-refractivity contribution in [3.8, 4) is 11.3 Å². The molecule has 1 aliphatic carbocycles. The maximum absolute atomic E-state index is 15.6. The van der Waals surface area contributed by atoms with Crippen LogP contribution in [0.4, 0.5) is 10.1 Å². The Morgan fingerprint density at radius 3 is 2.64 bits per heavy atom. The summed E-state index contributed by atoms with van der Waals surface area (Å²) in [6.07, 6.45) is 3.65. The Labute approximate surface area is 247 Å². The third kappa shape index (κ3) is 4.47. The number of hydrogen-bond acceptors (Lipinski definition) is 6. The Morgan fingerprint density at radius 1 is 1.10 bits per heavy atom. The highest BCUT2D eigenvalue weighted by Crippen LogP contribution is 2.42. The van der Waals surface area contributed by atoms with Crippen molar-refractivity contribution in [1.82, 2.24) is 19.5 Å². The van der Waals surface area contributed by atoms with E-state index in [0.29, 0.717) is 48.2 Å². The standard InChI is InChI=1S/C32H34FN5O3S/c1-18-22-10-13-42-28(22)9-12-37(18)30(39)26-15-27(19-4-5-19)38-29(34-26)16-25(35-38)23-7-6-21(14-24(23)33)36-11-8-20(17-36)32(2,3)31(40)41/h6-7,10,13-16,18-20H,4-5,8-9,11-12,17H2,1-3H3,(H,40,41)/t18-,20+/m1/s1. The van der Waals surface area contributed by atoms with Gasteiger partial charge in [-0.25, -0.2) is 13.9 Å². The molecule has 2 atom stereocenters. The molecule has 1 saturated carbocycles. The minimum Gasteiger partial charge on any atom is -0.481 e. The first-order chi connectivity index (χ1) is 20.1. The lowest BCUT2D eigenvalue weighted by atomic mass is 9.78. The van der Waals surface area contributed by atoms with Crippen LogP contribution in [0.3, 0.4) is 0 Å². The molecule has 0 radical (unpaired) electrons. The van der Waals surface area contributed by atoms with Crippen LogP contribution in [-0.4, -0.2) is 56.1 Å². The van der Waals surface area contributed by atoms with Gasteiger partial charge in [0.05, 0.1) is 17.2 Å². The highest BCUT2D eigenvalue weighted by atomic mass is 32.1. The molecule has 1 N–H and O–H groups in total. The summed E-state index contributed by atoms with van der Waals surface area (Å²) in [6.45, 7) is 7.50. The fourth-order valence-electron chi connectivity index (χ4n) is 6.51. The van der Waals surface area contributed by atoms with Crippen molar-refractivity contribution in [1.29, 1.82) is 0 Å². The van der Waals surface area contributed by atoms with Crippen LogP contribution >= 0.6 is 11.3 Å². The summed E-state index contributed by atoms with van der Waals surface area (Å²) in [5.74, 6) is -0.997. The number of halogens is 1. The average Bonchev–Trinajstić information content (AvgIpc) is 3.34. The molecular formula is C32H34FN5O3S. The lowest BCUT2D eigenvalue weighted by molar-refractivity contribution is -0.149. The minimum atomic E-state index is -0.838. The summed E-state index contributed by atoms with van der Waals surface area (Å²) >= 11 is 1.75. The highest BCUT2D eigenvalue weighted by Gasteiger charge is 2.41. The van der Waals surface area contributed by atoms with E-state index in [0.717, 1.165) is 37.1 Å². The molecule has 10 heteroatoms. The molecular weight excluding hydrogens is 553 g/mol. The summed E-state index contributed by atoms with van der Waals surface area (Å²) in [7, 11) is 0. The van der Waals surface area contributed by atoms with E-state index < -0.39 is 17.2 Å². The lowest BCUT2D eigenvalue weighted by Gasteiger charge is -2.33. The van der Waals surface area contributed by atoms with Crippen LogP contribution < -0.4 is 4.90 Å². The first-order valence-electron chi connectivity index (χ1n) is 14.7. The molecule has 4 aromatic rings. The van der Waals surface area contributed by atoms with Crippen molar-refractivity contribution < 1.29 is 19.1 Å². The van der Waals surface area contributed by atoms with E-state index in [9.17, 15) is 14.7 Å². The third-order valence-corrected chi connectivity index (χ3v) is 10.6. The van der Waals surface area contributed by atoms with E-state index in [-0.39, 0.29) is 17.9 Å². The molecule has 0 bridgehead atoms. The van der Waals surface area contributed by atoms with Gasteiger partial charge in [-0.05, 0) is 93.6 Å². The third-order valence-electron chi connectivity index (χ3n) is 9.56. The number of rotatable bonds is 6. The van der Waals surface area contributed by atoms with E-state index in [4.69, 9.17) is 10.1 Å². The number of aliphatic carboxylic acids is 1. The molecule has 1 saturated heterocycles. The van der Waals surface area contributed by atoms with Gasteiger partial charge >= 0.3 is 5.97 Å². The van der Waals surface area contributed by atoms with E-state index >= 15 is 4.39 Å². The van der Waals surface area contributed by atoms with Gasteiger partial charge in [-0.3, -0.25) is 9.59 Å². The minimum absolute atomic E-state index is 0.0101. The molecule has 2 fully saturated rings. The molecule has 8 nitrogen and oxygen atoms in total. The lowest BCUT2D eigenvalue weighted by Crippen LogP contribution is -2.38. The van der Waals surface area contributed by atoms with Crippen molar-refractivity contribution >= 4 is 34.5 Å². The first kappa shape index (κ1) is 27.1. The average molecular weight is 588 g/mol. The van der Waals surface area contributed by atoms with Crippen molar-refractivity contribution in [2.24, 2.45) is 11.3 Å². The monoisotopic (exact) mass is 587 g/mol. The number of hydrogen-bond donors (Lipinski definition) is 1. The fraction of sp³-hybridized carbons (Fsp3) is 0.438. The molecule has 2 aliphatic heterocycles. The Hall–Kier alpha value is -3.79. The number of carbonyl (C=O) groups excluding carboxylic acids is 1. The van der Waals surface area contributed by atoms with E-state index in [1.807, 2.05) is 17.0 Å². The van der Waals surface area contributed by atoms with Crippen molar-refractivity contribution in [3.63, 3.8) is 0 Å².